The third kappa shape index (κ3) is 3.62. The zero-order valence-corrected chi connectivity index (χ0v) is 20.2. The van der Waals surface area contributed by atoms with Gasteiger partial charge in [0.15, 0.2) is 28.6 Å². The third-order valence-corrected chi connectivity index (χ3v) is 7.07. The van der Waals surface area contributed by atoms with Crippen molar-refractivity contribution < 1.29 is 102 Å². The Morgan fingerprint density at radius 3 is 1.50 bits per heavy atom. The number of hydrogen-bond donors (Lipinski definition) is 20. The van der Waals surface area contributed by atoms with Crippen LogP contribution in [0.5, 0.6) is 23.0 Å². The molecule has 2 saturated heterocycles. The van der Waals surface area contributed by atoms with Gasteiger partial charge >= 0.3 is 12.2 Å². The summed E-state index contributed by atoms with van der Waals surface area (Å²) in [5, 5.41) is 196. The van der Waals surface area contributed by atoms with E-state index in [0.29, 0.717) is 0 Å². The summed E-state index contributed by atoms with van der Waals surface area (Å²) in [6.07, 6.45) is -12.9. The summed E-state index contributed by atoms with van der Waals surface area (Å²) in [5.74, 6) is -22.8. The molecule has 42 heavy (non-hydrogen) atoms. The normalized spacial score (nSPS) is 30.8. The van der Waals surface area contributed by atoms with Crippen molar-refractivity contribution in [3.63, 3.8) is 0 Å². The Morgan fingerprint density at radius 1 is 0.667 bits per heavy atom. The highest BCUT2D eigenvalue weighted by Crippen LogP contribution is 2.59. The molecule has 0 aliphatic carbocycles. The number of phenols is 4. The number of nitrogens with one attached hydrogen (secondary N) is 1. The fourth-order valence-electron chi connectivity index (χ4n) is 5.25. The number of aliphatic hydroxyl groups is 15. The first-order valence-corrected chi connectivity index (χ1v) is 10.9. The van der Waals surface area contributed by atoms with Crippen molar-refractivity contribution in [3.05, 3.63) is 5.69 Å². The molecular formula is C18H24N4O20. The van der Waals surface area contributed by atoms with Crippen LogP contribution in [-0.2, 0) is 6.10 Å². The first-order chi connectivity index (χ1) is 18.5. The minimum atomic E-state index is -4.90. The molecule has 2 aliphatic heterocycles. The van der Waals surface area contributed by atoms with Gasteiger partial charge in [0, 0.05) is 12.8 Å². The Kier molecular flexibility index (Phi) is 6.19. The maximum Gasteiger partial charge on any atom is 0.389 e. The molecule has 2 aliphatic rings. The van der Waals surface area contributed by atoms with Gasteiger partial charge in [-0.15, -0.1) is 0 Å². The average molecular weight is 616 g/mol. The molecule has 4 rings (SSSR count). The number of fused-ring (bicyclic) bond motifs is 3. The molecule has 2 aromatic rings. The molecule has 0 saturated carbocycles. The fourth-order valence-corrected chi connectivity index (χ4v) is 5.25. The number of nitrogens with zero attached hydrogens (tertiary/aromatic N) is 3. The van der Waals surface area contributed by atoms with Crippen molar-refractivity contribution in [1.82, 2.24) is 20.0 Å². The van der Waals surface area contributed by atoms with E-state index in [9.17, 15) is 102 Å². The van der Waals surface area contributed by atoms with E-state index < -0.39 is 115 Å². The van der Waals surface area contributed by atoms with Crippen molar-refractivity contribution in [2.24, 2.45) is 0 Å². The number of amides is 1. The first-order valence-electron chi connectivity index (χ1n) is 10.9. The smallest absolute Gasteiger partial charge is 0.389 e. The quantitative estimate of drug-likeness (QED) is 0.0860. The second-order valence-corrected chi connectivity index (χ2v) is 9.90. The number of carbonyl (C=O) groups is 1. The lowest BCUT2D eigenvalue weighted by molar-refractivity contribution is -0.624. The van der Waals surface area contributed by atoms with Crippen molar-refractivity contribution in [3.8, 4) is 23.0 Å². The fraction of sp³-hybridized carbons (Fsp3) is 0.556. The molecule has 2 fully saturated rings. The van der Waals surface area contributed by atoms with Crippen molar-refractivity contribution >= 4 is 16.8 Å². The Morgan fingerprint density at radius 2 is 1.10 bits per heavy atom. The largest absolute Gasteiger partial charge is 0.504 e. The van der Waals surface area contributed by atoms with Crippen LogP contribution in [-0.4, -0.2) is 158 Å². The standard InChI is InChI=1S/C18H24N4O20/c23-6-3-4(20-21(17(37,38)39)5(3)7(24)9(26)8(6)25)10(27)19-11(28)1-12(29)14(31,32)16(35,36)15(33,34)13(30,2-11)22(12)18(40,41)42/h23-26,28-42H,1-2H2,(H,19,27). The molecule has 1 aromatic heterocycles. The highest BCUT2D eigenvalue weighted by Gasteiger charge is 2.89. The molecule has 2 atom stereocenters. The molecule has 2 bridgehead atoms. The van der Waals surface area contributed by atoms with Gasteiger partial charge in [0.25, 0.3) is 23.3 Å². The van der Waals surface area contributed by atoms with E-state index >= 15 is 0 Å². The number of phenolic OH excluding ortho intramolecular Hbond substituents is 4. The van der Waals surface area contributed by atoms with E-state index in [4.69, 9.17) is 0 Å². The SMILES string of the molecule is O=C(NC1(O)CC2(O)N(C(O)(O)O)C(O)(C1)C(O)(O)C(O)(O)C2(O)O)c1nn(C(O)(O)O)c2c(O)c(O)c(O)c(O)c12. The Labute approximate surface area is 227 Å². The monoisotopic (exact) mass is 616 g/mol. The van der Waals surface area contributed by atoms with Crippen LogP contribution in [0.2, 0.25) is 0 Å². The topological polar surface area (TPSA) is 435 Å². The second-order valence-electron chi connectivity index (χ2n) is 9.90. The van der Waals surface area contributed by atoms with E-state index in [1.807, 2.05) is 0 Å². The summed E-state index contributed by atoms with van der Waals surface area (Å²) in [6, 6.07) is 0. The molecule has 2 unspecified atom stereocenters. The van der Waals surface area contributed by atoms with Gasteiger partial charge in [0.1, 0.15) is 11.2 Å². The number of hydrogen-bond acceptors (Lipinski definition) is 22. The van der Waals surface area contributed by atoms with Crippen molar-refractivity contribution in [1.29, 1.82) is 0 Å². The number of carbonyl (C=O) groups excluding carboxylic acids is 1. The van der Waals surface area contributed by atoms with Gasteiger partial charge < -0.3 is 102 Å². The molecule has 3 heterocycles. The summed E-state index contributed by atoms with van der Waals surface area (Å²) in [4.78, 5) is 12.1. The maximum atomic E-state index is 13.2. The lowest BCUT2D eigenvalue weighted by Crippen LogP contribution is -2.98. The van der Waals surface area contributed by atoms with Crippen LogP contribution in [0.3, 0.4) is 0 Å². The van der Waals surface area contributed by atoms with Crippen LogP contribution in [0.25, 0.3) is 10.9 Å². The zero-order valence-electron chi connectivity index (χ0n) is 20.2. The number of aromatic hydroxyl groups is 4. The molecule has 24 heteroatoms. The van der Waals surface area contributed by atoms with Crippen LogP contribution < -0.4 is 5.32 Å². The van der Waals surface area contributed by atoms with Crippen LogP contribution in [0.4, 0.5) is 0 Å². The number of benzene rings is 1. The van der Waals surface area contributed by atoms with E-state index in [1.165, 1.54) is 5.32 Å². The van der Waals surface area contributed by atoms with Gasteiger partial charge in [-0.25, -0.2) is 0 Å². The molecule has 0 spiro atoms. The summed E-state index contributed by atoms with van der Waals surface area (Å²) >= 11 is 0. The lowest BCUT2D eigenvalue weighted by Gasteiger charge is -2.70. The van der Waals surface area contributed by atoms with E-state index in [-0.39, 0.29) is 0 Å². The summed E-state index contributed by atoms with van der Waals surface area (Å²) in [6.45, 7) is 0. The Hall–Kier alpha value is -3.28. The molecule has 20 N–H and O–H groups in total. The van der Waals surface area contributed by atoms with Crippen LogP contribution in [0, 0.1) is 0 Å². The van der Waals surface area contributed by atoms with Gasteiger partial charge in [-0.1, -0.05) is 0 Å². The third-order valence-electron chi connectivity index (χ3n) is 7.07. The number of rotatable bonds is 4. The second kappa shape index (κ2) is 8.21. The molecule has 1 aromatic carbocycles. The highest BCUT2D eigenvalue weighted by molar-refractivity contribution is 6.10. The Bertz CT molecular complexity index is 1450. The molecule has 236 valence electrons. The van der Waals surface area contributed by atoms with Gasteiger partial charge in [0.2, 0.25) is 11.5 Å². The Balaban J connectivity index is 1.93. The summed E-state index contributed by atoms with van der Waals surface area (Å²) in [7, 11) is 0. The number of piperidine rings is 2. The molecule has 1 amide bonds. The minimum Gasteiger partial charge on any atom is -0.504 e. The first kappa shape index (κ1) is 31.7. The predicted molar refractivity (Wildman–Crippen MR) is 115 cm³/mol. The molecular weight excluding hydrogens is 592 g/mol. The van der Waals surface area contributed by atoms with Gasteiger partial charge in [-0.05, 0) is 0 Å². The van der Waals surface area contributed by atoms with Crippen LogP contribution in [0.15, 0.2) is 0 Å². The lowest BCUT2D eigenvalue weighted by atomic mass is 9.65. The summed E-state index contributed by atoms with van der Waals surface area (Å²) < 4.78 is -0.434. The van der Waals surface area contributed by atoms with Gasteiger partial charge in [-0.2, -0.15) is 14.7 Å². The van der Waals surface area contributed by atoms with Crippen molar-refractivity contribution in [2.75, 3.05) is 0 Å². The van der Waals surface area contributed by atoms with Crippen LogP contribution >= 0.6 is 0 Å². The van der Waals surface area contributed by atoms with Gasteiger partial charge in [-0.3, -0.25) is 4.79 Å². The average Bonchev–Trinajstić information content (AvgIpc) is 3.20. The van der Waals surface area contributed by atoms with E-state index in [2.05, 4.69) is 5.10 Å². The molecule has 0 radical (unpaired) electrons. The number of aromatic nitrogens is 2. The van der Waals surface area contributed by atoms with Crippen LogP contribution in [0.1, 0.15) is 23.3 Å². The van der Waals surface area contributed by atoms with Crippen molar-refractivity contribution in [2.45, 2.75) is 59.6 Å². The van der Waals surface area contributed by atoms with E-state index in [0.717, 1.165) is 0 Å². The van der Waals surface area contributed by atoms with E-state index in [1.54, 1.807) is 0 Å². The highest BCUT2D eigenvalue weighted by atomic mass is 16.7. The van der Waals surface area contributed by atoms with Gasteiger partial charge in [0.05, 0.1) is 5.39 Å². The summed E-state index contributed by atoms with van der Waals surface area (Å²) in [5.41, 5.74) is -15.1. The zero-order chi connectivity index (χ0) is 32.6. The maximum absolute atomic E-state index is 13.2. The predicted octanol–water partition coefficient (Wildman–Crippen LogP) is -10.1. The minimum absolute atomic E-state index is 0.434. The molecule has 24 nitrogen and oxygen atoms in total.